The van der Waals surface area contributed by atoms with Gasteiger partial charge in [0, 0.05) is 18.9 Å². The van der Waals surface area contributed by atoms with E-state index in [2.05, 4.69) is 20.1 Å². The van der Waals surface area contributed by atoms with Crippen LogP contribution in [0.15, 0.2) is 35.5 Å². The molecule has 0 spiro atoms. The number of benzene rings is 1. The highest BCUT2D eigenvalue weighted by Gasteiger charge is 2.30. The summed E-state index contributed by atoms with van der Waals surface area (Å²) >= 11 is 1.34. The Balaban J connectivity index is 1.58. The zero-order chi connectivity index (χ0) is 19.2. The average Bonchev–Trinajstić information content (AvgIpc) is 3.45. The van der Waals surface area contributed by atoms with Gasteiger partial charge in [0.15, 0.2) is 5.16 Å². The Morgan fingerprint density at radius 3 is 2.67 bits per heavy atom. The van der Waals surface area contributed by atoms with Gasteiger partial charge in [0.1, 0.15) is 11.9 Å². The molecule has 2 aromatic rings. The Bertz CT molecular complexity index is 790. The third-order valence-corrected chi connectivity index (χ3v) is 5.41. The lowest BCUT2D eigenvalue weighted by molar-refractivity contribution is -0.144. The maximum absolute atomic E-state index is 12.4. The molecule has 1 saturated carbocycles. The molecule has 0 saturated heterocycles. The van der Waals surface area contributed by atoms with Crippen LogP contribution in [-0.2, 0) is 27.3 Å². The molecular weight excluding hydrogens is 364 g/mol. The Kier molecular flexibility index (Phi) is 6.49. The minimum Gasteiger partial charge on any atom is -0.467 e. The molecule has 1 fully saturated rings. The number of methoxy groups -OCH3 is 1. The molecule has 1 aromatic carbocycles. The fourth-order valence-electron chi connectivity index (χ4n) is 2.90. The van der Waals surface area contributed by atoms with Gasteiger partial charge < -0.3 is 14.6 Å². The van der Waals surface area contributed by atoms with Crippen molar-refractivity contribution in [1.82, 2.24) is 20.1 Å². The number of nitrogens with one attached hydrogen (secondary N) is 1. The van der Waals surface area contributed by atoms with E-state index >= 15 is 0 Å². The highest BCUT2D eigenvalue weighted by atomic mass is 32.2. The highest BCUT2D eigenvalue weighted by Crippen LogP contribution is 2.39. The number of ether oxygens (including phenoxy) is 1. The van der Waals surface area contributed by atoms with Gasteiger partial charge in [0.05, 0.1) is 12.9 Å². The molecule has 1 aromatic heterocycles. The molecule has 1 aliphatic carbocycles. The Hall–Kier alpha value is -2.35. The number of nitrogens with zero attached hydrogens (tertiary/aromatic N) is 3. The minimum absolute atomic E-state index is 0.172. The number of esters is 1. The SMILES string of the molecule is CCn1c(SCC(=O)N[C@@H](Cc2ccccc2)C(=O)OC)nnc1C1CC1. The quantitative estimate of drug-likeness (QED) is 0.523. The van der Waals surface area contributed by atoms with Gasteiger partial charge in [-0.15, -0.1) is 10.2 Å². The molecule has 0 bridgehead atoms. The molecule has 3 rings (SSSR count). The molecular formula is C19H24N4O3S. The van der Waals surface area contributed by atoms with Crippen LogP contribution in [0.5, 0.6) is 0 Å². The lowest BCUT2D eigenvalue weighted by Crippen LogP contribution is -2.43. The summed E-state index contributed by atoms with van der Waals surface area (Å²) < 4.78 is 6.90. The summed E-state index contributed by atoms with van der Waals surface area (Å²) in [6.45, 7) is 2.83. The molecule has 144 valence electrons. The van der Waals surface area contributed by atoms with Crippen molar-refractivity contribution in [1.29, 1.82) is 0 Å². The standard InChI is InChI=1S/C19H24N4O3S/c1-3-23-17(14-9-10-14)21-22-19(23)27-12-16(24)20-15(18(25)26-2)11-13-7-5-4-6-8-13/h4-8,14-15H,3,9-12H2,1-2H3,(H,20,24)/t15-/m0/s1. The average molecular weight is 388 g/mol. The number of hydrogen-bond donors (Lipinski definition) is 1. The lowest BCUT2D eigenvalue weighted by Gasteiger charge is -2.16. The predicted molar refractivity (Wildman–Crippen MR) is 102 cm³/mol. The number of rotatable bonds is 9. The molecule has 1 atom stereocenters. The van der Waals surface area contributed by atoms with Gasteiger partial charge in [-0.3, -0.25) is 4.79 Å². The largest absolute Gasteiger partial charge is 0.467 e. The van der Waals surface area contributed by atoms with Crippen LogP contribution in [0.25, 0.3) is 0 Å². The Morgan fingerprint density at radius 2 is 2.04 bits per heavy atom. The zero-order valence-corrected chi connectivity index (χ0v) is 16.4. The molecule has 27 heavy (non-hydrogen) atoms. The molecule has 0 aliphatic heterocycles. The molecule has 0 unspecified atom stereocenters. The number of carbonyl (C=O) groups excluding carboxylic acids is 2. The summed E-state index contributed by atoms with van der Waals surface area (Å²) in [7, 11) is 1.32. The number of hydrogen-bond acceptors (Lipinski definition) is 6. The zero-order valence-electron chi connectivity index (χ0n) is 15.6. The van der Waals surface area contributed by atoms with E-state index in [9.17, 15) is 9.59 Å². The molecule has 1 heterocycles. The van der Waals surface area contributed by atoms with Crippen molar-refractivity contribution in [3.8, 4) is 0 Å². The van der Waals surface area contributed by atoms with Gasteiger partial charge in [-0.2, -0.15) is 0 Å². The maximum Gasteiger partial charge on any atom is 0.328 e. The highest BCUT2D eigenvalue weighted by molar-refractivity contribution is 7.99. The van der Waals surface area contributed by atoms with E-state index in [1.807, 2.05) is 37.3 Å². The third-order valence-electron chi connectivity index (χ3n) is 4.44. The van der Waals surface area contributed by atoms with Crippen LogP contribution in [0, 0.1) is 0 Å². The summed E-state index contributed by atoms with van der Waals surface area (Å²) in [5, 5.41) is 12.0. The van der Waals surface area contributed by atoms with Crippen LogP contribution in [0.3, 0.4) is 0 Å². The van der Waals surface area contributed by atoms with Crippen LogP contribution < -0.4 is 5.32 Å². The summed E-state index contributed by atoms with van der Waals surface area (Å²) in [6.07, 6.45) is 2.70. The van der Waals surface area contributed by atoms with Gasteiger partial charge in [0.25, 0.3) is 0 Å². The number of aromatic nitrogens is 3. The Labute approximate surface area is 162 Å². The van der Waals surface area contributed by atoms with Crippen molar-refractivity contribution in [3.63, 3.8) is 0 Å². The van der Waals surface area contributed by atoms with Gasteiger partial charge >= 0.3 is 5.97 Å². The normalized spacial score (nSPS) is 14.6. The van der Waals surface area contributed by atoms with E-state index in [-0.39, 0.29) is 11.7 Å². The van der Waals surface area contributed by atoms with Crippen molar-refractivity contribution in [2.75, 3.05) is 12.9 Å². The fourth-order valence-corrected chi connectivity index (χ4v) is 3.72. The lowest BCUT2D eigenvalue weighted by atomic mass is 10.1. The Morgan fingerprint density at radius 1 is 1.30 bits per heavy atom. The van der Waals surface area contributed by atoms with Gasteiger partial charge in [0.2, 0.25) is 5.91 Å². The number of carbonyl (C=O) groups is 2. The molecule has 1 N–H and O–H groups in total. The second kappa shape index (κ2) is 9.03. The molecule has 1 aliphatic rings. The van der Waals surface area contributed by atoms with E-state index in [0.29, 0.717) is 12.3 Å². The van der Waals surface area contributed by atoms with E-state index in [0.717, 1.165) is 35.9 Å². The predicted octanol–water partition coefficient (Wildman–Crippen LogP) is 2.17. The van der Waals surface area contributed by atoms with E-state index in [1.54, 1.807) is 0 Å². The van der Waals surface area contributed by atoms with Crippen molar-refractivity contribution in [2.24, 2.45) is 0 Å². The van der Waals surface area contributed by atoms with Crippen molar-refractivity contribution in [3.05, 3.63) is 41.7 Å². The third kappa shape index (κ3) is 5.09. The van der Waals surface area contributed by atoms with E-state index in [1.165, 1.54) is 18.9 Å². The monoisotopic (exact) mass is 388 g/mol. The maximum atomic E-state index is 12.4. The molecule has 8 heteroatoms. The van der Waals surface area contributed by atoms with Crippen molar-refractivity contribution in [2.45, 2.75) is 49.8 Å². The van der Waals surface area contributed by atoms with Gasteiger partial charge in [-0.05, 0) is 25.3 Å². The van der Waals surface area contributed by atoms with Crippen molar-refractivity contribution >= 4 is 23.6 Å². The summed E-state index contributed by atoms with van der Waals surface area (Å²) in [5.74, 6) is 1.01. The van der Waals surface area contributed by atoms with Crippen LogP contribution in [-0.4, -0.2) is 45.5 Å². The first-order valence-electron chi connectivity index (χ1n) is 9.09. The summed E-state index contributed by atoms with van der Waals surface area (Å²) in [5.41, 5.74) is 0.959. The number of thioether (sulfide) groups is 1. The smallest absolute Gasteiger partial charge is 0.328 e. The summed E-state index contributed by atoms with van der Waals surface area (Å²) in [4.78, 5) is 24.4. The van der Waals surface area contributed by atoms with Gasteiger partial charge in [-0.1, -0.05) is 42.1 Å². The fraction of sp³-hybridized carbons (Fsp3) is 0.474. The van der Waals surface area contributed by atoms with Crippen molar-refractivity contribution < 1.29 is 14.3 Å². The first-order valence-corrected chi connectivity index (χ1v) is 10.1. The topological polar surface area (TPSA) is 86.1 Å². The summed E-state index contributed by atoms with van der Waals surface area (Å²) in [6, 6.07) is 8.83. The molecule has 1 amide bonds. The molecule has 0 radical (unpaired) electrons. The van der Waals surface area contributed by atoms with Crippen LogP contribution in [0.1, 0.15) is 37.1 Å². The second-order valence-corrected chi connectivity index (χ2v) is 7.42. The van der Waals surface area contributed by atoms with E-state index in [4.69, 9.17) is 4.74 Å². The first-order chi connectivity index (χ1) is 13.1. The molecule has 7 nitrogen and oxygen atoms in total. The van der Waals surface area contributed by atoms with Crippen LogP contribution >= 0.6 is 11.8 Å². The second-order valence-electron chi connectivity index (χ2n) is 6.48. The minimum atomic E-state index is -0.712. The first kappa shape index (κ1) is 19.4. The van der Waals surface area contributed by atoms with Crippen LogP contribution in [0.2, 0.25) is 0 Å². The number of amides is 1. The van der Waals surface area contributed by atoms with Gasteiger partial charge in [-0.25, -0.2) is 4.79 Å². The van der Waals surface area contributed by atoms with Crippen LogP contribution in [0.4, 0.5) is 0 Å². The van der Waals surface area contributed by atoms with E-state index < -0.39 is 12.0 Å².